The van der Waals surface area contributed by atoms with Crippen molar-refractivity contribution >= 4 is 5.97 Å². The van der Waals surface area contributed by atoms with Gasteiger partial charge in [0.1, 0.15) is 6.10 Å². The van der Waals surface area contributed by atoms with Crippen molar-refractivity contribution in [2.24, 2.45) is 11.8 Å². The van der Waals surface area contributed by atoms with Gasteiger partial charge in [-0.25, -0.2) is 0 Å². The minimum Gasteiger partial charge on any atom is -0.457 e. The van der Waals surface area contributed by atoms with Gasteiger partial charge in [0, 0.05) is 25.4 Å². The summed E-state index contributed by atoms with van der Waals surface area (Å²) in [5, 5.41) is 31.2. The summed E-state index contributed by atoms with van der Waals surface area (Å²) >= 11 is 0. The first-order chi connectivity index (χ1) is 16.8. The number of cyclic esters (lactones) is 1. The van der Waals surface area contributed by atoms with E-state index in [9.17, 15) is 20.1 Å². The van der Waals surface area contributed by atoms with Crippen molar-refractivity contribution in [1.29, 1.82) is 0 Å². The molecule has 0 amide bonds. The van der Waals surface area contributed by atoms with Crippen LogP contribution in [-0.4, -0.2) is 70.1 Å². The van der Waals surface area contributed by atoms with E-state index in [2.05, 4.69) is 6.08 Å². The van der Waals surface area contributed by atoms with E-state index in [1.165, 1.54) is 0 Å². The predicted molar refractivity (Wildman–Crippen MR) is 140 cm³/mol. The van der Waals surface area contributed by atoms with Crippen molar-refractivity contribution < 1.29 is 34.3 Å². The second-order valence-electron chi connectivity index (χ2n) is 11.3. The smallest absolute Gasteiger partial charge is 0.309 e. The number of rotatable bonds is 9. The number of aliphatic hydroxyl groups is 3. The molecule has 1 saturated heterocycles. The lowest BCUT2D eigenvalue weighted by atomic mass is 9.90. The van der Waals surface area contributed by atoms with Gasteiger partial charge in [-0.2, -0.15) is 0 Å². The van der Waals surface area contributed by atoms with Gasteiger partial charge in [0.05, 0.1) is 42.0 Å². The number of epoxide rings is 1. The van der Waals surface area contributed by atoms with E-state index in [1.807, 2.05) is 46.8 Å². The molecule has 1 fully saturated rings. The lowest BCUT2D eigenvalue weighted by Gasteiger charge is -2.29. The first-order valence-electron chi connectivity index (χ1n) is 13.3. The minimum absolute atomic E-state index is 0.0318. The zero-order valence-corrected chi connectivity index (χ0v) is 23.1. The third-order valence-electron chi connectivity index (χ3n) is 7.67. The first kappa shape index (κ1) is 30.7. The molecule has 36 heavy (non-hydrogen) atoms. The molecule has 0 saturated carbocycles. The van der Waals surface area contributed by atoms with E-state index in [4.69, 9.17) is 14.2 Å². The summed E-state index contributed by atoms with van der Waals surface area (Å²) < 4.78 is 17.2. The quantitative estimate of drug-likeness (QED) is 0.185. The molecule has 206 valence electrons. The molecular formula is C29H48O7. The number of ether oxygens (including phenoxy) is 3. The van der Waals surface area contributed by atoms with Crippen molar-refractivity contribution in [3.8, 4) is 0 Å². The summed E-state index contributed by atoms with van der Waals surface area (Å²) in [7, 11) is 1.67. The number of methoxy groups -OCH3 is 1. The molecule has 3 N–H and O–H groups in total. The molecule has 0 aliphatic carbocycles. The van der Waals surface area contributed by atoms with Crippen molar-refractivity contribution in [3.05, 3.63) is 36.0 Å². The Labute approximate surface area is 217 Å². The van der Waals surface area contributed by atoms with Crippen LogP contribution in [0.15, 0.2) is 36.0 Å². The van der Waals surface area contributed by atoms with E-state index in [0.717, 1.165) is 5.57 Å². The molecule has 0 bridgehead atoms. The Hall–Kier alpha value is -1.51. The lowest BCUT2D eigenvalue weighted by molar-refractivity contribution is -0.151. The summed E-state index contributed by atoms with van der Waals surface area (Å²) in [5.74, 6) is -0.479. The van der Waals surface area contributed by atoms with Gasteiger partial charge in [-0.1, -0.05) is 51.2 Å². The van der Waals surface area contributed by atoms with E-state index in [0.29, 0.717) is 32.1 Å². The number of aliphatic hydroxyl groups excluding tert-OH is 2. The highest BCUT2D eigenvalue weighted by atomic mass is 16.6. The van der Waals surface area contributed by atoms with Crippen LogP contribution in [0, 0.1) is 11.8 Å². The summed E-state index contributed by atoms with van der Waals surface area (Å²) in [4.78, 5) is 12.6. The van der Waals surface area contributed by atoms with Crippen molar-refractivity contribution in [2.45, 2.75) is 122 Å². The zero-order chi connectivity index (χ0) is 27.1. The highest BCUT2D eigenvalue weighted by molar-refractivity contribution is 5.70. The molecule has 7 nitrogen and oxygen atoms in total. The van der Waals surface area contributed by atoms with Crippen molar-refractivity contribution in [3.63, 3.8) is 0 Å². The molecule has 7 heteroatoms. The van der Waals surface area contributed by atoms with E-state index >= 15 is 0 Å². The fourth-order valence-electron chi connectivity index (χ4n) is 4.84. The van der Waals surface area contributed by atoms with Crippen LogP contribution in [0.2, 0.25) is 0 Å². The summed E-state index contributed by atoms with van der Waals surface area (Å²) in [6, 6.07) is 0. The Kier molecular flexibility index (Phi) is 11.4. The van der Waals surface area contributed by atoms with Gasteiger partial charge >= 0.3 is 5.97 Å². The maximum Gasteiger partial charge on any atom is 0.309 e. The standard InChI is InChI=1S/C29H48O7/c1-8-23(31)21(4)27-24(35-27)18-28(5,33)14-9-11-19(2)26-20(3)12-10-15-29(6,34-7)16-13-22(30)17-25(32)36-26/h9-12,14,20-24,26-27,30-31,33H,8,13,15-18H2,1-7H3/b12-10+,14-9+,19-11+/t20?,21?,22?,23?,24?,26-,27?,28?,29?/m1/s1. The van der Waals surface area contributed by atoms with Crippen molar-refractivity contribution in [1.82, 2.24) is 0 Å². The van der Waals surface area contributed by atoms with Gasteiger partial charge in [0.2, 0.25) is 0 Å². The van der Waals surface area contributed by atoms with Gasteiger partial charge in [0.15, 0.2) is 0 Å². The fourth-order valence-corrected chi connectivity index (χ4v) is 4.84. The maximum atomic E-state index is 12.6. The van der Waals surface area contributed by atoms with Crippen LogP contribution in [0.1, 0.15) is 80.1 Å². The van der Waals surface area contributed by atoms with Crippen LogP contribution in [0.3, 0.4) is 0 Å². The zero-order valence-electron chi connectivity index (χ0n) is 23.1. The topological polar surface area (TPSA) is 109 Å². The maximum absolute atomic E-state index is 12.6. The molecule has 0 radical (unpaired) electrons. The van der Waals surface area contributed by atoms with Crippen LogP contribution in [0.25, 0.3) is 0 Å². The minimum atomic E-state index is -1.07. The molecule has 0 aromatic rings. The fraction of sp³-hybridized carbons (Fsp3) is 0.759. The van der Waals surface area contributed by atoms with Crippen LogP contribution in [-0.2, 0) is 19.0 Å². The SMILES string of the molecule is CCC(O)C(C)C1OC1CC(C)(O)/C=C/C=C(\C)[C@H]1OC(=O)CC(O)CCC(C)(OC)C/C=C/C1C. The molecule has 2 aliphatic heterocycles. The molecule has 0 aromatic carbocycles. The Morgan fingerprint density at radius 3 is 2.75 bits per heavy atom. The van der Waals surface area contributed by atoms with Crippen LogP contribution < -0.4 is 0 Å². The van der Waals surface area contributed by atoms with Gasteiger partial charge in [-0.05, 0) is 52.0 Å². The van der Waals surface area contributed by atoms with Crippen LogP contribution in [0.4, 0.5) is 0 Å². The molecule has 8 unspecified atom stereocenters. The highest BCUT2D eigenvalue weighted by Gasteiger charge is 2.47. The molecule has 2 rings (SSSR count). The molecule has 0 aromatic heterocycles. The third kappa shape index (κ3) is 9.42. The summed E-state index contributed by atoms with van der Waals surface area (Å²) in [6.45, 7) is 11.6. The number of esters is 1. The Balaban J connectivity index is 2.08. The normalized spacial score (nSPS) is 36.8. The second-order valence-corrected chi connectivity index (χ2v) is 11.3. The second kappa shape index (κ2) is 13.3. The van der Waals surface area contributed by atoms with E-state index in [1.54, 1.807) is 26.2 Å². The predicted octanol–water partition coefficient (Wildman–Crippen LogP) is 4.25. The first-order valence-corrected chi connectivity index (χ1v) is 13.3. The molecular weight excluding hydrogens is 460 g/mol. The number of allylic oxidation sites excluding steroid dienone is 2. The molecule has 2 heterocycles. The average Bonchev–Trinajstić information content (AvgIpc) is 3.57. The van der Waals surface area contributed by atoms with Crippen molar-refractivity contribution in [2.75, 3.05) is 7.11 Å². The van der Waals surface area contributed by atoms with Gasteiger partial charge in [-0.15, -0.1) is 0 Å². The number of hydrogen-bond donors (Lipinski definition) is 3. The highest BCUT2D eigenvalue weighted by Crippen LogP contribution is 2.37. The number of hydrogen-bond acceptors (Lipinski definition) is 7. The Bertz CT molecular complexity index is 801. The number of carbonyl (C=O) groups excluding carboxylic acids is 1. The van der Waals surface area contributed by atoms with Gasteiger partial charge in [0.25, 0.3) is 0 Å². The lowest BCUT2D eigenvalue weighted by Crippen LogP contribution is -2.31. The van der Waals surface area contributed by atoms with E-state index < -0.39 is 35.5 Å². The van der Waals surface area contributed by atoms with Crippen LogP contribution >= 0.6 is 0 Å². The molecule has 0 spiro atoms. The van der Waals surface area contributed by atoms with Crippen LogP contribution in [0.5, 0.6) is 0 Å². The van der Waals surface area contributed by atoms with Gasteiger partial charge in [-0.3, -0.25) is 4.79 Å². The Morgan fingerprint density at radius 1 is 1.42 bits per heavy atom. The molecule has 2 aliphatic rings. The summed E-state index contributed by atoms with van der Waals surface area (Å²) in [6.07, 6.45) is 10.6. The monoisotopic (exact) mass is 508 g/mol. The average molecular weight is 509 g/mol. The van der Waals surface area contributed by atoms with Gasteiger partial charge < -0.3 is 29.5 Å². The number of carbonyl (C=O) groups is 1. The molecule has 9 atom stereocenters. The van der Waals surface area contributed by atoms with E-state index in [-0.39, 0.29) is 30.5 Å². The summed E-state index contributed by atoms with van der Waals surface area (Å²) in [5.41, 5.74) is -0.629. The Morgan fingerprint density at radius 2 is 2.11 bits per heavy atom. The third-order valence-corrected chi connectivity index (χ3v) is 7.67. The largest absolute Gasteiger partial charge is 0.457 e.